The fraction of sp³-hybridized carbons (Fsp3) is 0.537. The van der Waals surface area contributed by atoms with Crippen LogP contribution in [-0.2, 0) is 19.1 Å². The van der Waals surface area contributed by atoms with Gasteiger partial charge in [-0.15, -0.1) is 0 Å². The van der Waals surface area contributed by atoms with Crippen molar-refractivity contribution in [3.8, 4) is 0 Å². The molecule has 1 aliphatic carbocycles. The number of fused-ring (bicyclic) bond motifs is 5. The quantitative estimate of drug-likeness (QED) is 0.0599. The zero-order valence-electron chi connectivity index (χ0n) is 39.3. The summed E-state index contributed by atoms with van der Waals surface area (Å²) in [4.78, 5) is 42.1. The Morgan fingerprint density at radius 1 is 0.841 bits per heavy atom. The summed E-state index contributed by atoms with van der Waals surface area (Å²) in [6.07, 6.45) is 33.1. The van der Waals surface area contributed by atoms with Crippen molar-refractivity contribution in [2.45, 2.75) is 157 Å². The first kappa shape index (κ1) is 47.4. The minimum absolute atomic E-state index is 0.0826. The van der Waals surface area contributed by atoms with Crippen LogP contribution in [0.2, 0.25) is 0 Å². The van der Waals surface area contributed by atoms with Crippen LogP contribution in [0.3, 0.4) is 0 Å². The van der Waals surface area contributed by atoms with Crippen LogP contribution in [0, 0.1) is 17.8 Å². The fourth-order valence-electron chi connectivity index (χ4n) is 9.82. The van der Waals surface area contributed by atoms with E-state index in [1.165, 1.54) is 96.2 Å². The van der Waals surface area contributed by atoms with E-state index in [2.05, 4.69) is 46.5 Å². The summed E-state index contributed by atoms with van der Waals surface area (Å²) in [5.41, 5.74) is 12.2. The highest BCUT2D eigenvalue weighted by Gasteiger charge is 2.49. The number of ether oxygens (including phenoxy) is 2. The van der Waals surface area contributed by atoms with Gasteiger partial charge in [0.05, 0.1) is 41.3 Å². The van der Waals surface area contributed by atoms with Crippen molar-refractivity contribution >= 4 is 29.1 Å². The van der Waals surface area contributed by atoms with Crippen LogP contribution in [0.5, 0.6) is 0 Å². The van der Waals surface area contributed by atoms with Crippen molar-refractivity contribution < 1.29 is 24.2 Å². The highest BCUT2D eigenvalue weighted by molar-refractivity contribution is 6.24. The van der Waals surface area contributed by atoms with E-state index < -0.39 is 11.9 Å². The Bertz CT molecular complexity index is 2190. The summed E-state index contributed by atoms with van der Waals surface area (Å²) in [6, 6.07) is 0. The topological polar surface area (TPSA) is 122 Å². The normalized spacial score (nSPS) is 21.6. The number of aliphatic hydroxyl groups is 1. The number of nitrogens with one attached hydrogen (secondary N) is 1. The van der Waals surface area contributed by atoms with E-state index in [0.717, 1.165) is 75.8 Å². The van der Waals surface area contributed by atoms with E-state index >= 15 is 0 Å². The van der Waals surface area contributed by atoms with Crippen LogP contribution in [0.25, 0.3) is 0 Å². The number of aliphatic imine (C=N–C) groups is 3. The number of carbonyl (C=O) groups is 2. The largest absolute Gasteiger partial charge is 0.510 e. The summed E-state index contributed by atoms with van der Waals surface area (Å²) in [5, 5.41) is 15.5. The lowest BCUT2D eigenvalue weighted by atomic mass is 9.84. The molecule has 8 bridgehead atoms. The molecule has 5 aliphatic heterocycles. The van der Waals surface area contributed by atoms with Crippen LogP contribution in [0.15, 0.2) is 131 Å². The first-order valence-corrected chi connectivity index (χ1v) is 24.0. The van der Waals surface area contributed by atoms with Gasteiger partial charge < -0.3 is 19.9 Å². The third-order valence-corrected chi connectivity index (χ3v) is 13.7. The van der Waals surface area contributed by atoms with Gasteiger partial charge in [-0.1, -0.05) is 122 Å². The molecule has 9 nitrogen and oxygen atoms in total. The molecule has 0 amide bonds. The second-order valence-corrected chi connectivity index (χ2v) is 18.1. The predicted molar refractivity (Wildman–Crippen MR) is 257 cm³/mol. The summed E-state index contributed by atoms with van der Waals surface area (Å²) in [5.74, 6) is -2.33. The van der Waals surface area contributed by atoms with Gasteiger partial charge in [0.1, 0.15) is 18.3 Å². The lowest BCUT2D eigenvalue weighted by molar-refractivity contribution is -0.144. The van der Waals surface area contributed by atoms with Crippen LogP contribution in [-0.4, -0.2) is 47.9 Å². The van der Waals surface area contributed by atoms with Crippen LogP contribution < -0.4 is 5.32 Å². The maximum absolute atomic E-state index is 13.6. The van der Waals surface area contributed by atoms with Gasteiger partial charge in [-0.05, 0) is 93.6 Å². The third kappa shape index (κ3) is 11.2. The van der Waals surface area contributed by atoms with Gasteiger partial charge >= 0.3 is 11.9 Å². The molecular weight excluding hydrogens is 785 g/mol. The zero-order valence-corrected chi connectivity index (χ0v) is 39.3. The number of rotatable bonds is 23. The number of allylic oxidation sites excluding steroid dienone is 12. The van der Waals surface area contributed by atoms with E-state index in [0.29, 0.717) is 29.0 Å². The van der Waals surface area contributed by atoms with Gasteiger partial charge in [0.15, 0.2) is 0 Å². The van der Waals surface area contributed by atoms with Crippen molar-refractivity contribution in [1.82, 2.24) is 5.32 Å². The molecule has 6 rings (SSSR count). The van der Waals surface area contributed by atoms with Gasteiger partial charge in [-0.2, -0.15) is 0 Å². The van der Waals surface area contributed by atoms with Gasteiger partial charge in [0.25, 0.3) is 0 Å². The zero-order chi connectivity index (χ0) is 45.0. The highest BCUT2D eigenvalue weighted by atomic mass is 16.5. The maximum Gasteiger partial charge on any atom is 0.321 e. The molecule has 1 fully saturated rings. The molecule has 9 heteroatoms. The van der Waals surface area contributed by atoms with Crippen molar-refractivity contribution in [2.24, 2.45) is 32.7 Å². The first-order valence-electron chi connectivity index (χ1n) is 24.0. The summed E-state index contributed by atoms with van der Waals surface area (Å²) < 4.78 is 11.1. The molecule has 63 heavy (non-hydrogen) atoms. The monoisotopic (exact) mass is 857 g/mol. The number of aliphatic hydroxyl groups excluding tert-OH is 1. The van der Waals surface area contributed by atoms with E-state index in [-0.39, 0.29) is 36.6 Å². The van der Waals surface area contributed by atoms with Gasteiger partial charge in [0, 0.05) is 46.4 Å². The molecule has 5 heterocycles. The Morgan fingerprint density at radius 3 is 2.14 bits per heavy atom. The summed E-state index contributed by atoms with van der Waals surface area (Å²) in [7, 11) is 1.33. The number of carbonyl (C=O) groups excluding carboxylic acids is 2. The SMILES string of the molecule is C=CC1=CC2=NC1=CC1=NC(=CC3=C(C)C4=C(O)[C@H](C(=O)OC)C(=C5NC(=C2)[C@@H](C)[C@@H]5CCC(=O)OCC=C(C)CCCCCCCCCCCCCCCC)C4=N3)C(CC)=C1C. The van der Waals surface area contributed by atoms with Gasteiger partial charge in [-0.3, -0.25) is 9.59 Å². The van der Waals surface area contributed by atoms with Gasteiger partial charge in [-0.25, -0.2) is 15.0 Å². The van der Waals surface area contributed by atoms with E-state index in [1.54, 1.807) is 0 Å². The van der Waals surface area contributed by atoms with Gasteiger partial charge in [0.2, 0.25) is 0 Å². The molecule has 6 aliphatic rings. The van der Waals surface area contributed by atoms with Crippen LogP contribution in [0.1, 0.15) is 157 Å². The molecule has 1 saturated heterocycles. The molecule has 0 spiro atoms. The molecular formula is C54H72N4O5. The number of esters is 2. The Labute approximate surface area is 377 Å². The Balaban J connectivity index is 1.13. The molecule has 0 aromatic rings. The molecule has 0 aromatic heterocycles. The molecule has 0 unspecified atom stereocenters. The highest BCUT2D eigenvalue weighted by Crippen LogP contribution is 2.49. The number of unbranched alkanes of at least 4 members (excludes halogenated alkanes) is 13. The Morgan fingerprint density at radius 2 is 1.51 bits per heavy atom. The maximum atomic E-state index is 13.6. The molecule has 0 radical (unpaired) electrons. The Hall–Kier alpha value is -5.05. The third-order valence-electron chi connectivity index (χ3n) is 13.7. The van der Waals surface area contributed by atoms with E-state index in [1.807, 2.05) is 43.4 Å². The number of hydrogen-bond donors (Lipinski definition) is 2. The minimum atomic E-state index is -1.07. The van der Waals surface area contributed by atoms with Crippen molar-refractivity contribution in [3.05, 3.63) is 116 Å². The first-order chi connectivity index (χ1) is 30.5. The number of nitrogens with zero attached hydrogens (tertiary/aromatic N) is 3. The van der Waals surface area contributed by atoms with E-state index in [9.17, 15) is 14.7 Å². The Kier molecular flexibility index (Phi) is 17.0. The fourth-order valence-corrected chi connectivity index (χ4v) is 9.82. The van der Waals surface area contributed by atoms with Crippen LogP contribution >= 0.6 is 0 Å². The molecule has 338 valence electrons. The number of methoxy groups -OCH3 is 1. The molecule has 0 aromatic carbocycles. The average molecular weight is 857 g/mol. The molecule has 2 N–H and O–H groups in total. The second-order valence-electron chi connectivity index (χ2n) is 18.1. The predicted octanol–water partition coefficient (Wildman–Crippen LogP) is 13.0. The molecule has 0 saturated carbocycles. The van der Waals surface area contributed by atoms with Crippen LogP contribution in [0.4, 0.5) is 0 Å². The lowest BCUT2D eigenvalue weighted by Gasteiger charge is -2.20. The summed E-state index contributed by atoms with van der Waals surface area (Å²) in [6.45, 7) is 16.9. The average Bonchev–Trinajstić information content (AvgIpc) is 4.04. The van der Waals surface area contributed by atoms with Crippen molar-refractivity contribution in [2.75, 3.05) is 13.7 Å². The lowest BCUT2D eigenvalue weighted by Crippen LogP contribution is -2.25. The standard InChI is InChI=1S/C54H72N4O5/c1-9-12-13-14-15-16-17-18-19-20-21-22-23-24-25-34(4)28-29-63-47(59)27-26-41-36(6)42-31-39-30-38(10-2)45(55-39)32-43-35(5)40(11-3)46(56-43)33-44-37(7)48-52(58-44)49(51(41)57-42)50(53(48)60)54(61)62-8/h10,28,30-33,36,41,50,57,60H,2,9,11-27,29H2,1,3-8H3/t36-,41-,50+/m0/s1. The second kappa shape index (κ2) is 22.5. The summed E-state index contributed by atoms with van der Waals surface area (Å²) >= 11 is 0. The minimum Gasteiger partial charge on any atom is -0.510 e. The van der Waals surface area contributed by atoms with Crippen molar-refractivity contribution in [1.29, 1.82) is 0 Å². The molecule has 3 atom stereocenters. The van der Waals surface area contributed by atoms with E-state index in [4.69, 9.17) is 24.5 Å². The van der Waals surface area contributed by atoms with Crippen molar-refractivity contribution in [3.63, 3.8) is 0 Å². The number of hydrogen-bond acceptors (Lipinski definition) is 9. The smallest absolute Gasteiger partial charge is 0.321 e.